The fraction of sp³-hybridized carbons (Fsp3) is 0.400. The van der Waals surface area contributed by atoms with Crippen molar-refractivity contribution < 1.29 is 14.3 Å². The van der Waals surface area contributed by atoms with E-state index in [0.29, 0.717) is 0 Å². The largest absolute Gasteiger partial charge is 0.481 e. The third kappa shape index (κ3) is 1.39. The number of hydrogen-bond acceptors (Lipinski definition) is 3. The normalized spacial score (nSPS) is 29.6. The molecule has 1 aliphatic carbocycles. The zero-order chi connectivity index (χ0) is 11.1. The molecule has 1 aromatic rings. The molecule has 0 unspecified atom stereocenters. The second-order valence-electron chi connectivity index (χ2n) is 3.89. The van der Waals surface area contributed by atoms with Crippen LogP contribution in [-0.4, -0.2) is 22.1 Å². The monoisotopic (exact) mass is 210 g/mol. The molecule has 5 heteroatoms. The molecule has 3 N–H and O–H groups in total. The van der Waals surface area contributed by atoms with Crippen molar-refractivity contribution in [3.05, 3.63) is 29.8 Å². The molecule has 1 aliphatic rings. The topological polar surface area (TPSA) is 76.2 Å². The Balaban J connectivity index is 2.43. The van der Waals surface area contributed by atoms with E-state index in [2.05, 4.69) is 4.98 Å². The van der Waals surface area contributed by atoms with Gasteiger partial charge in [-0.2, -0.15) is 0 Å². The van der Waals surface area contributed by atoms with E-state index < -0.39 is 17.2 Å². The van der Waals surface area contributed by atoms with Crippen molar-refractivity contribution >= 4 is 5.97 Å². The number of hydrogen-bond donors (Lipinski definition) is 2. The maximum atomic E-state index is 13.4. The Morgan fingerprint density at radius 1 is 1.67 bits per heavy atom. The lowest BCUT2D eigenvalue weighted by atomic mass is 9.63. The summed E-state index contributed by atoms with van der Waals surface area (Å²) in [7, 11) is 0. The number of pyridine rings is 1. The molecule has 0 amide bonds. The molecular weight excluding hydrogens is 199 g/mol. The predicted octanol–water partition coefficient (Wildman–Crippen LogP) is 0.664. The van der Waals surface area contributed by atoms with Crippen molar-refractivity contribution in [1.29, 1.82) is 0 Å². The van der Waals surface area contributed by atoms with Crippen molar-refractivity contribution in [3.8, 4) is 0 Å². The lowest BCUT2D eigenvalue weighted by Gasteiger charge is -2.41. The first-order valence-electron chi connectivity index (χ1n) is 4.66. The number of nitrogens with two attached hydrogens (primary N) is 1. The van der Waals surface area contributed by atoms with Crippen LogP contribution in [0.1, 0.15) is 18.5 Å². The highest BCUT2D eigenvalue weighted by atomic mass is 19.1. The summed E-state index contributed by atoms with van der Waals surface area (Å²) >= 11 is 0. The Morgan fingerprint density at radius 3 is 2.80 bits per heavy atom. The number of carbonyl (C=O) groups is 1. The fourth-order valence-corrected chi connectivity index (χ4v) is 2.04. The van der Waals surface area contributed by atoms with Crippen LogP contribution in [0.2, 0.25) is 0 Å². The summed E-state index contributed by atoms with van der Waals surface area (Å²) in [6.45, 7) is 0. The van der Waals surface area contributed by atoms with Gasteiger partial charge in [0.15, 0.2) is 0 Å². The van der Waals surface area contributed by atoms with Crippen LogP contribution in [0.5, 0.6) is 0 Å². The summed E-state index contributed by atoms with van der Waals surface area (Å²) in [6, 6.07) is 2.48. The number of rotatable bonds is 2. The first-order valence-corrected chi connectivity index (χ1v) is 4.66. The Morgan fingerprint density at radius 2 is 2.33 bits per heavy atom. The van der Waals surface area contributed by atoms with Crippen LogP contribution in [-0.2, 0) is 10.2 Å². The molecule has 0 radical (unpaired) electrons. The molecule has 15 heavy (non-hydrogen) atoms. The van der Waals surface area contributed by atoms with E-state index in [1.807, 2.05) is 0 Å². The lowest BCUT2D eigenvalue weighted by molar-refractivity contribution is -0.148. The van der Waals surface area contributed by atoms with Gasteiger partial charge in [0, 0.05) is 12.2 Å². The molecule has 2 rings (SSSR count). The predicted molar refractivity (Wildman–Crippen MR) is 50.7 cm³/mol. The minimum Gasteiger partial charge on any atom is -0.481 e. The van der Waals surface area contributed by atoms with Gasteiger partial charge >= 0.3 is 5.97 Å². The van der Waals surface area contributed by atoms with Gasteiger partial charge in [0.25, 0.3) is 0 Å². The Kier molecular flexibility index (Phi) is 2.19. The number of aromatic nitrogens is 1. The molecule has 0 aliphatic heterocycles. The molecule has 0 aromatic carbocycles. The van der Waals surface area contributed by atoms with Crippen LogP contribution in [0.4, 0.5) is 4.39 Å². The molecule has 0 atom stereocenters. The van der Waals surface area contributed by atoms with E-state index in [-0.39, 0.29) is 24.6 Å². The number of carboxylic acids is 1. The van der Waals surface area contributed by atoms with E-state index in [0.717, 1.165) is 0 Å². The highest BCUT2D eigenvalue weighted by molar-refractivity contribution is 5.82. The zero-order valence-electron chi connectivity index (χ0n) is 7.98. The molecular formula is C10H11FN2O2. The third-order valence-corrected chi connectivity index (χ3v) is 2.84. The summed E-state index contributed by atoms with van der Waals surface area (Å²) in [5.74, 6) is -1.63. The van der Waals surface area contributed by atoms with Crippen molar-refractivity contribution in [2.45, 2.75) is 24.3 Å². The average molecular weight is 210 g/mol. The van der Waals surface area contributed by atoms with Gasteiger partial charge in [0.05, 0.1) is 5.69 Å². The molecule has 1 heterocycles. The molecule has 1 fully saturated rings. The molecule has 80 valence electrons. The summed E-state index contributed by atoms with van der Waals surface area (Å²) in [4.78, 5) is 15.0. The van der Waals surface area contributed by atoms with E-state index in [4.69, 9.17) is 10.8 Å². The third-order valence-electron chi connectivity index (χ3n) is 2.84. The molecule has 0 saturated heterocycles. The quantitative estimate of drug-likeness (QED) is 0.752. The van der Waals surface area contributed by atoms with Gasteiger partial charge in [0.1, 0.15) is 11.2 Å². The Labute approximate surface area is 85.9 Å². The van der Waals surface area contributed by atoms with Crippen LogP contribution in [0.3, 0.4) is 0 Å². The van der Waals surface area contributed by atoms with Gasteiger partial charge in [-0.1, -0.05) is 0 Å². The van der Waals surface area contributed by atoms with Gasteiger partial charge in [-0.3, -0.25) is 9.78 Å². The van der Waals surface area contributed by atoms with E-state index in [9.17, 15) is 9.18 Å². The van der Waals surface area contributed by atoms with Gasteiger partial charge in [-0.25, -0.2) is 4.39 Å². The standard InChI is InChI=1S/C10H11FN2O2/c11-7-2-1-3-13-8(7)10(9(14)15)4-6(12)5-10/h1-3,6H,4-5,12H2,(H,14,15). The summed E-state index contributed by atoms with van der Waals surface area (Å²) < 4.78 is 13.4. The summed E-state index contributed by atoms with van der Waals surface area (Å²) in [6.07, 6.45) is 1.89. The highest BCUT2D eigenvalue weighted by Crippen LogP contribution is 2.43. The van der Waals surface area contributed by atoms with E-state index >= 15 is 0 Å². The minimum atomic E-state index is -1.22. The maximum Gasteiger partial charge on any atom is 0.315 e. The van der Waals surface area contributed by atoms with Crippen LogP contribution < -0.4 is 5.73 Å². The van der Waals surface area contributed by atoms with Crippen molar-refractivity contribution in [1.82, 2.24) is 4.98 Å². The number of aliphatic carboxylic acids is 1. The Hall–Kier alpha value is -1.49. The van der Waals surface area contributed by atoms with Gasteiger partial charge in [-0.05, 0) is 25.0 Å². The van der Waals surface area contributed by atoms with Crippen LogP contribution >= 0.6 is 0 Å². The van der Waals surface area contributed by atoms with Gasteiger partial charge in [0.2, 0.25) is 0 Å². The van der Waals surface area contributed by atoms with Crippen LogP contribution in [0.15, 0.2) is 18.3 Å². The van der Waals surface area contributed by atoms with Crippen LogP contribution in [0.25, 0.3) is 0 Å². The van der Waals surface area contributed by atoms with Gasteiger partial charge in [-0.15, -0.1) is 0 Å². The Bertz CT molecular complexity index is 402. The first-order chi connectivity index (χ1) is 7.06. The number of halogens is 1. The van der Waals surface area contributed by atoms with Gasteiger partial charge < -0.3 is 10.8 Å². The van der Waals surface area contributed by atoms with Crippen LogP contribution in [0, 0.1) is 5.82 Å². The number of carboxylic acid groups (broad SMARTS) is 1. The smallest absolute Gasteiger partial charge is 0.315 e. The molecule has 0 bridgehead atoms. The SMILES string of the molecule is NC1CC(C(=O)O)(c2ncccc2F)C1. The lowest BCUT2D eigenvalue weighted by Crippen LogP contribution is -2.55. The molecule has 1 saturated carbocycles. The summed E-state index contributed by atoms with van der Waals surface area (Å²) in [5, 5.41) is 9.12. The fourth-order valence-electron chi connectivity index (χ4n) is 2.04. The van der Waals surface area contributed by atoms with E-state index in [1.54, 1.807) is 0 Å². The second kappa shape index (κ2) is 3.27. The first kappa shape index (κ1) is 10.0. The summed E-state index contributed by atoms with van der Waals surface area (Å²) in [5.41, 5.74) is 4.35. The van der Waals surface area contributed by atoms with Crippen molar-refractivity contribution in [3.63, 3.8) is 0 Å². The molecule has 4 nitrogen and oxygen atoms in total. The average Bonchev–Trinajstić information content (AvgIpc) is 2.13. The van der Waals surface area contributed by atoms with E-state index in [1.165, 1.54) is 18.3 Å². The second-order valence-corrected chi connectivity index (χ2v) is 3.89. The van der Waals surface area contributed by atoms with Crippen molar-refractivity contribution in [2.24, 2.45) is 5.73 Å². The highest BCUT2D eigenvalue weighted by Gasteiger charge is 2.53. The maximum absolute atomic E-state index is 13.4. The number of nitrogens with zero attached hydrogens (tertiary/aromatic N) is 1. The molecule has 1 aromatic heterocycles. The molecule has 0 spiro atoms. The zero-order valence-corrected chi connectivity index (χ0v) is 7.98. The minimum absolute atomic E-state index is 0.000741. The van der Waals surface area contributed by atoms with Crippen molar-refractivity contribution in [2.75, 3.05) is 0 Å².